The van der Waals surface area contributed by atoms with E-state index < -0.39 is 0 Å². The maximum atomic E-state index is 12.4. The summed E-state index contributed by atoms with van der Waals surface area (Å²) in [4.78, 5) is 25.7. The van der Waals surface area contributed by atoms with Crippen LogP contribution < -0.4 is 10.6 Å². The summed E-state index contributed by atoms with van der Waals surface area (Å²) in [6, 6.07) is -0.112. The monoisotopic (exact) mass is 239 g/mol. The molecule has 0 radical (unpaired) electrons. The number of hydrogen-bond acceptors (Lipinski definition) is 3. The van der Waals surface area contributed by atoms with Gasteiger partial charge in [-0.1, -0.05) is 0 Å². The zero-order valence-electron chi connectivity index (χ0n) is 10.5. The second-order valence-corrected chi connectivity index (χ2v) is 4.99. The molecule has 2 saturated heterocycles. The fraction of sp³-hybridized carbons (Fsp3) is 0.833. The third-order valence-electron chi connectivity index (χ3n) is 3.86. The van der Waals surface area contributed by atoms with Crippen molar-refractivity contribution in [1.29, 1.82) is 0 Å². The van der Waals surface area contributed by atoms with Crippen LogP contribution in [0.15, 0.2) is 0 Å². The number of piperazine rings is 1. The number of carbonyl (C=O) groups excluding carboxylic acids is 2. The molecule has 2 heterocycles. The van der Waals surface area contributed by atoms with Crippen molar-refractivity contribution >= 4 is 11.8 Å². The molecule has 17 heavy (non-hydrogen) atoms. The summed E-state index contributed by atoms with van der Waals surface area (Å²) in [6.45, 7) is 6.04. The van der Waals surface area contributed by atoms with Crippen LogP contribution in [-0.2, 0) is 9.59 Å². The Morgan fingerprint density at radius 2 is 2.12 bits per heavy atom. The van der Waals surface area contributed by atoms with Crippen LogP contribution in [0.2, 0.25) is 0 Å². The van der Waals surface area contributed by atoms with Crippen LogP contribution in [0.3, 0.4) is 0 Å². The van der Waals surface area contributed by atoms with Gasteiger partial charge >= 0.3 is 0 Å². The highest BCUT2D eigenvalue weighted by Gasteiger charge is 2.36. The number of nitrogens with zero attached hydrogens (tertiary/aromatic N) is 1. The van der Waals surface area contributed by atoms with Crippen molar-refractivity contribution in [3.8, 4) is 0 Å². The van der Waals surface area contributed by atoms with Gasteiger partial charge in [-0.15, -0.1) is 0 Å². The standard InChI is InChI=1S/C12H21N3O2/c1-8-10(4-3-5-13-8)12(17)15-7-6-14-11(16)9(15)2/h8-10,13H,3-7H2,1-2H3,(H,14,16). The predicted octanol–water partition coefficient (Wildman–Crippen LogP) is -0.279. The Morgan fingerprint density at radius 1 is 1.35 bits per heavy atom. The highest BCUT2D eigenvalue weighted by molar-refractivity contribution is 5.89. The van der Waals surface area contributed by atoms with Gasteiger partial charge in [0.25, 0.3) is 0 Å². The van der Waals surface area contributed by atoms with Crippen molar-refractivity contribution < 1.29 is 9.59 Å². The summed E-state index contributed by atoms with van der Waals surface area (Å²) >= 11 is 0. The Labute approximate surface area is 102 Å². The van der Waals surface area contributed by atoms with Crippen molar-refractivity contribution in [2.45, 2.75) is 38.8 Å². The Morgan fingerprint density at radius 3 is 2.82 bits per heavy atom. The fourth-order valence-corrected chi connectivity index (χ4v) is 2.68. The lowest BCUT2D eigenvalue weighted by molar-refractivity contribution is -0.146. The maximum absolute atomic E-state index is 12.4. The van der Waals surface area contributed by atoms with Gasteiger partial charge < -0.3 is 15.5 Å². The summed E-state index contributed by atoms with van der Waals surface area (Å²) in [5.74, 6) is 0.116. The predicted molar refractivity (Wildman–Crippen MR) is 64.4 cm³/mol. The molecule has 2 fully saturated rings. The number of piperidine rings is 1. The minimum Gasteiger partial charge on any atom is -0.353 e. The quantitative estimate of drug-likeness (QED) is 0.661. The van der Waals surface area contributed by atoms with E-state index in [4.69, 9.17) is 0 Å². The van der Waals surface area contributed by atoms with E-state index in [-0.39, 0.29) is 29.8 Å². The molecular formula is C12H21N3O2. The normalized spacial score (nSPS) is 34.4. The number of carbonyl (C=O) groups is 2. The number of hydrogen-bond donors (Lipinski definition) is 2. The third-order valence-corrected chi connectivity index (χ3v) is 3.86. The van der Waals surface area contributed by atoms with Gasteiger partial charge in [0, 0.05) is 19.1 Å². The van der Waals surface area contributed by atoms with Crippen molar-refractivity contribution in [3.05, 3.63) is 0 Å². The van der Waals surface area contributed by atoms with Crippen LogP contribution >= 0.6 is 0 Å². The van der Waals surface area contributed by atoms with Gasteiger partial charge in [0.2, 0.25) is 11.8 Å². The Bertz CT molecular complexity index is 319. The minimum atomic E-state index is -0.328. The van der Waals surface area contributed by atoms with Gasteiger partial charge in [-0.3, -0.25) is 9.59 Å². The summed E-state index contributed by atoms with van der Waals surface area (Å²) in [5.41, 5.74) is 0. The Hall–Kier alpha value is -1.10. The van der Waals surface area contributed by atoms with Gasteiger partial charge in [-0.2, -0.15) is 0 Å². The SMILES string of the molecule is CC1NCCCC1C(=O)N1CCNC(=O)C1C. The molecule has 0 bridgehead atoms. The first-order chi connectivity index (χ1) is 8.11. The molecule has 3 unspecified atom stereocenters. The lowest BCUT2D eigenvalue weighted by Gasteiger charge is -2.38. The van der Waals surface area contributed by atoms with E-state index in [9.17, 15) is 9.59 Å². The topological polar surface area (TPSA) is 61.4 Å². The van der Waals surface area contributed by atoms with Crippen molar-refractivity contribution in [3.63, 3.8) is 0 Å². The molecule has 0 aromatic rings. The molecule has 2 rings (SSSR count). The first-order valence-electron chi connectivity index (χ1n) is 6.43. The van der Waals surface area contributed by atoms with E-state index in [2.05, 4.69) is 17.6 Å². The molecule has 0 aliphatic carbocycles. The molecule has 2 N–H and O–H groups in total. The third kappa shape index (κ3) is 2.44. The number of rotatable bonds is 1. The second kappa shape index (κ2) is 5.04. The molecule has 0 spiro atoms. The van der Waals surface area contributed by atoms with Crippen LogP contribution in [-0.4, -0.2) is 48.4 Å². The lowest BCUT2D eigenvalue weighted by Crippen LogP contribution is -2.59. The molecule has 2 aliphatic heterocycles. The molecule has 3 atom stereocenters. The Kier molecular flexibility index (Phi) is 3.66. The molecule has 0 aromatic heterocycles. The van der Waals surface area contributed by atoms with Crippen LogP contribution in [0.5, 0.6) is 0 Å². The van der Waals surface area contributed by atoms with Gasteiger partial charge in [-0.25, -0.2) is 0 Å². The molecular weight excluding hydrogens is 218 g/mol. The maximum Gasteiger partial charge on any atom is 0.242 e. The summed E-state index contributed by atoms with van der Waals surface area (Å²) < 4.78 is 0. The molecule has 2 amide bonds. The fourth-order valence-electron chi connectivity index (χ4n) is 2.68. The van der Waals surface area contributed by atoms with Gasteiger partial charge in [0.1, 0.15) is 6.04 Å². The van der Waals surface area contributed by atoms with E-state index in [1.165, 1.54) is 0 Å². The molecule has 96 valence electrons. The molecule has 5 nitrogen and oxygen atoms in total. The first-order valence-corrected chi connectivity index (χ1v) is 6.43. The van der Waals surface area contributed by atoms with Crippen molar-refractivity contribution in [1.82, 2.24) is 15.5 Å². The highest BCUT2D eigenvalue weighted by Crippen LogP contribution is 2.20. The average Bonchev–Trinajstić information content (AvgIpc) is 2.32. The van der Waals surface area contributed by atoms with Crippen LogP contribution in [0.25, 0.3) is 0 Å². The zero-order chi connectivity index (χ0) is 12.4. The summed E-state index contributed by atoms with van der Waals surface area (Å²) in [6.07, 6.45) is 1.97. The van der Waals surface area contributed by atoms with Crippen LogP contribution in [0, 0.1) is 5.92 Å². The van der Waals surface area contributed by atoms with Crippen molar-refractivity contribution in [2.75, 3.05) is 19.6 Å². The molecule has 0 aromatic carbocycles. The van der Waals surface area contributed by atoms with E-state index in [0.29, 0.717) is 13.1 Å². The number of amides is 2. The summed E-state index contributed by atoms with van der Waals surface area (Å²) in [7, 11) is 0. The zero-order valence-corrected chi connectivity index (χ0v) is 10.5. The highest BCUT2D eigenvalue weighted by atomic mass is 16.2. The molecule has 5 heteroatoms. The minimum absolute atomic E-state index is 0.0251. The Balaban J connectivity index is 2.05. The van der Waals surface area contributed by atoms with E-state index in [1.54, 1.807) is 11.8 Å². The van der Waals surface area contributed by atoms with E-state index in [0.717, 1.165) is 19.4 Å². The van der Waals surface area contributed by atoms with Gasteiger partial charge in [-0.05, 0) is 33.2 Å². The second-order valence-electron chi connectivity index (χ2n) is 4.99. The van der Waals surface area contributed by atoms with Gasteiger partial charge in [0.05, 0.1) is 5.92 Å². The molecule has 2 aliphatic rings. The average molecular weight is 239 g/mol. The summed E-state index contributed by atoms with van der Waals surface area (Å²) in [5, 5.41) is 6.11. The van der Waals surface area contributed by atoms with Gasteiger partial charge in [0.15, 0.2) is 0 Å². The first kappa shape index (κ1) is 12.4. The smallest absolute Gasteiger partial charge is 0.242 e. The number of nitrogens with one attached hydrogen (secondary N) is 2. The van der Waals surface area contributed by atoms with E-state index in [1.807, 2.05) is 0 Å². The van der Waals surface area contributed by atoms with Crippen LogP contribution in [0.4, 0.5) is 0 Å². The molecule has 0 saturated carbocycles. The van der Waals surface area contributed by atoms with Crippen molar-refractivity contribution in [2.24, 2.45) is 5.92 Å². The lowest BCUT2D eigenvalue weighted by atomic mass is 9.90. The largest absolute Gasteiger partial charge is 0.353 e. The van der Waals surface area contributed by atoms with Crippen LogP contribution in [0.1, 0.15) is 26.7 Å². The van der Waals surface area contributed by atoms with E-state index >= 15 is 0 Å².